The summed E-state index contributed by atoms with van der Waals surface area (Å²) in [7, 11) is 0. The second-order valence-electron chi connectivity index (χ2n) is 4.02. The van der Waals surface area contributed by atoms with Gasteiger partial charge in [-0.05, 0) is 25.5 Å². The van der Waals surface area contributed by atoms with E-state index in [1.165, 1.54) is 13.0 Å². The molecule has 2 rings (SSSR count). The summed E-state index contributed by atoms with van der Waals surface area (Å²) < 4.78 is 14.7. The Kier molecular flexibility index (Phi) is 3.19. The predicted molar refractivity (Wildman–Crippen MR) is 62.4 cm³/mol. The van der Waals surface area contributed by atoms with Crippen molar-refractivity contribution in [2.45, 2.75) is 26.9 Å². The molecular weight excluding hydrogens is 205 g/mol. The summed E-state index contributed by atoms with van der Waals surface area (Å²) in [5, 5.41) is 3.27. The van der Waals surface area contributed by atoms with Crippen LogP contribution in [0.25, 0.3) is 5.57 Å². The Hall–Kier alpha value is -1.42. The van der Waals surface area contributed by atoms with Crippen LogP contribution in [0, 0.1) is 0 Å². The minimum Gasteiger partial charge on any atom is -0.332 e. The first kappa shape index (κ1) is 11.1. The molecular formula is C12H16FN3. The minimum absolute atomic E-state index is 0.190. The molecule has 0 aliphatic carbocycles. The minimum atomic E-state index is -0.190. The van der Waals surface area contributed by atoms with Gasteiger partial charge in [0.2, 0.25) is 0 Å². The Morgan fingerprint density at radius 1 is 1.50 bits per heavy atom. The number of aromatic nitrogens is 2. The number of hydrogen-bond acceptors (Lipinski definition) is 2. The summed E-state index contributed by atoms with van der Waals surface area (Å²) in [6, 6.07) is 0. The van der Waals surface area contributed by atoms with Gasteiger partial charge in [0.05, 0.1) is 18.1 Å². The molecule has 1 aliphatic rings. The summed E-state index contributed by atoms with van der Waals surface area (Å²) in [5.41, 5.74) is 1.91. The third-order valence-electron chi connectivity index (χ3n) is 2.64. The highest BCUT2D eigenvalue weighted by molar-refractivity contribution is 5.62. The van der Waals surface area contributed by atoms with Crippen molar-refractivity contribution in [1.29, 1.82) is 0 Å². The molecule has 0 bridgehead atoms. The summed E-state index contributed by atoms with van der Waals surface area (Å²) in [5.74, 6) is 0.861. The van der Waals surface area contributed by atoms with Gasteiger partial charge in [-0.2, -0.15) is 0 Å². The van der Waals surface area contributed by atoms with Crippen LogP contribution in [0.4, 0.5) is 4.39 Å². The van der Waals surface area contributed by atoms with Crippen molar-refractivity contribution in [2.75, 3.05) is 6.54 Å². The molecule has 0 amide bonds. The van der Waals surface area contributed by atoms with Gasteiger partial charge in [0, 0.05) is 19.3 Å². The smallest absolute Gasteiger partial charge is 0.123 e. The number of halogens is 1. The third kappa shape index (κ3) is 2.39. The molecule has 16 heavy (non-hydrogen) atoms. The van der Waals surface area contributed by atoms with E-state index in [4.69, 9.17) is 0 Å². The fourth-order valence-corrected chi connectivity index (χ4v) is 1.70. The molecule has 0 aromatic carbocycles. The molecule has 0 spiro atoms. The van der Waals surface area contributed by atoms with Gasteiger partial charge in [-0.3, -0.25) is 0 Å². The van der Waals surface area contributed by atoms with Gasteiger partial charge < -0.3 is 9.88 Å². The predicted octanol–water partition coefficient (Wildman–Crippen LogP) is 2.26. The number of allylic oxidation sites excluding steroid dienone is 4. The van der Waals surface area contributed by atoms with Crippen LogP contribution in [-0.4, -0.2) is 16.1 Å². The van der Waals surface area contributed by atoms with Gasteiger partial charge in [-0.15, -0.1) is 0 Å². The number of nitrogens with one attached hydrogen (secondary N) is 1. The van der Waals surface area contributed by atoms with Crippen molar-refractivity contribution in [1.82, 2.24) is 14.9 Å². The number of hydrogen-bond donors (Lipinski definition) is 1. The molecule has 3 nitrogen and oxygen atoms in total. The summed E-state index contributed by atoms with van der Waals surface area (Å²) in [4.78, 5) is 4.51. The maximum absolute atomic E-state index is 12.6. The lowest BCUT2D eigenvalue weighted by atomic mass is 10.2. The zero-order valence-electron chi connectivity index (χ0n) is 9.63. The maximum Gasteiger partial charge on any atom is 0.123 e. The number of nitrogens with zero attached hydrogens (tertiary/aromatic N) is 2. The van der Waals surface area contributed by atoms with Crippen LogP contribution in [0.2, 0.25) is 0 Å². The highest BCUT2D eigenvalue weighted by atomic mass is 19.1. The van der Waals surface area contributed by atoms with Gasteiger partial charge in [-0.1, -0.05) is 6.08 Å². The van der Waals surface area contributed by atoms with Crippen LogP contribution in [0.1, 0.15) is 25.4 Å². The monoisotopic (exact) mass is 221 g/mol. The molecule has 2 heterocycles. The van der Waals surface area contributed by atoms with Crippen LogP contribution in [0.3, 0.4) is 0 Å². The topological polar surface area (TPSA) is 29.9 Å². The second-order valence-corrected chi connectivity index (χ2v) is 4.02. The molecule has 1 aromatic rings. The molecule has 0 saturated carbocycles. The summed E-state index contributed by atoms with van der Waals surface area (Å²) in [6.07, 6.45) is 5.26. The Bertz CT molecular complexity index is 416. The van der Waals surface area contributed by atoms with E-state index in [2.05, 4.69) is 14.9 Å². The van der Waals surface area contributed by atoms with E-state index in [0.29, 0.717) is 0 Å². The molecule has 86 valence electrons. The fourth-order valence-electron chi connectivity index (χ4n) is 1.70. The summed E-state index contributed by atoms with van der Waals surface area (Å²) in [6.45, 7) is 6.13. The molecule has 0 saturated heterocycles. The normalized spacial score (nSPS) is 17.4. The van der Waals surface area contributed by atoms with E-state index in [-0.39, 0.29) is 5.83 Å². The highest BCUT2D eigenvalue weighted by Crippen LogP contribution is 2.15. The van der Waals surface area contributed by atoms with E-state index in [9.17, 15) is 4.39 Å². The Morgan fingerprint density at radius 3 is 3.00 bits per heavy atom. The molecule has 1 aliphatic heterocycles. The first-order valence-corrected chi connectivity index (χ1v) is 5.44. The van der Waals surface area contributed by atoms with Crippen LogP contribution < -0.4 is 5.32 Å². The molecule has 0 fully saturated rings. The lowest BCUT2D eigenvalue weighted by Crippen LogP contribution is -2.27. The number of fused-ring (bicyclic) bond motifs is 1. The number of rotatable bonds is 2. The lowest BCUT2D eigenvalue weighted by molar-refractivity contribution is 0.505. The summed E-state index contributed by atoms with van der Waals surface area (Å²) >= 11 is 0. The van der Waals surface area contributed by atoms with Gasteiger partial charge in [0.25, 0.3) is 0 Å². The largest absolute Gasteiger partial charge is 0.332 e. The zero-order valence-corrected chi connectivity index (χ0v) is 9.63. The third-order valence-corrected chi connectivity index (χ3v) is 2.64. The molecule has 1 N–H and O–H groups in total. The van der Waals surface area contributed by atoms with Crippen molar-refractivity contribution in [3.8, 4) is 0 Å². The molecule has 4 heteroatoms. The van der Waals surface area contributed by atoms with Crippen molar-refractivity contribution < 1.29 is 4.39 Å². The molecule has 0 unspecified atom stereocenters. The van der Waals surface area contributed by atoms with Crippen molar-refractivity contribution in [3.63, 3.8) is 0 Å². The number of imidazole rings is 1. The Morgan fingerprint density at radius 2 is 2.31 bits per heavy atom. The van der Waals surface area contributed by atoms with Crippen LogP contribution >= 0.6 is 0 Å². The maximum atomic E-state index is 12.6. The first-order chi connectivity index (χ1) is 7.66. The molecule has 1 aromatic heterocycles. The van der Waals surface area contributed by atoms with Gasteiger partial charge in [-0.25, -0.2) is 9.37 Å². The van der Waals surface area contributed by atoms with Gasteiger partial charge in [0.1, 0.15) is 5.82 Å². The van der Waals surface area contributed by atoms with E-state index in [1.807, 2.05) is 13.1 Å². The fraction of sp³-hybridized carbons (Fsp3) is 0.417. The van der Waals surface area contributed by atoms with Crippen LogP contribution in [-0.2, 0) is 13.1 Å². The SMILES string of the molecule is CC(F)=CC=C(C)c1cn2c(n1)CNCC2. The van der Waals surface area contributed by atoms with Gasteiger partial charge >= 0.3 is 0 Å². The van der Waals surface area contributed by atoms with Crippen molar-refractivity contribution in [2.24, 2.45) is 0 Å². The zero-order chi connectivity index (χ0) is 11.5. The van der Waals surface area contributed by atoms with E-state index >= 15 is 0 Å². The molecule has 0 radical (unpaired) electrons. The average molecular weight is 221 g/mol. The first-order valence-electron chi connectivity index (χ1n) is 5.44. The van der Waals surface area contributed by atoms with Crippen molar-refractivity contribution in [3.05, 3.63) is 35.7 Å². The van der Waals surface area contributed by atoms with Gasteiger partial charge in [0.15, 0.2) is 0 Å². The highest BCUT2D eigenvalue weighted by Gasteiger charge is 2.11. The lowest BCUT2D eigenvalue weighted by Gasteiger charge is -2.13. The Labute approximate surface area is 94.7 Å². The van der Waals surface area contributed by atoms with Crippen molar-refractivity contribution >= 4 is 5.57 Å². The second kappa shape index (κ2) is 4.61. The quantitative estimate of drug-likeness (QED) is 0.776. The standard InChI is InChI=1S/C12H16FN3/c1-9(3-4-10(2)13)11-8-16-6-5-14-7-12(16)15-11/h3-4,8,14H,5-7H2,1-2H3. The van der Waals surface area contributed by atoms with Crippen LogP contribution in [0.5, 0.6) is 0 Å². The van der Waals surface area contributed by atoms with E-state index in [0.717, 1.165) is 36.7 Å². The van der Waals surface area contributed by atoms with E-state index in [1.54, 1.807) is 6.08 Å². The average Bonchev–Trinajstić information content (AvgIpc) is 2.69. The Balaban J connectivity index is 2.24. The van der Waals surface area contributed by atoms with Crippen LogP contribution in [0.15, 0.2) is 24.2 Å². The molecule has 0 atom stereocenters. The van der Waals surface area contributed by atoms with E-state index < -0.39 is 0 Å².